The van der Waals surface area contributed by atoms with Gasteiger partial charge in [-0.05, 0) is 44.0 Å². The predicted octanol–water partition coefficient (Wildman–Crippen LogP) is 2.95. The molecule has 1 fully saturated rings. The van der Waals surface area contributed by atoms with Crippen LogP contribution in [-0.4, -0.2) is 44.9 Å². The fourth-order valence-electron chi connectivity index (χ4n) is 2.98. The summed E-state index contributed by atoms with van der Waals surface area (Å²) in [7, 11) is 0. The molecule has 8 heteroatoms. The first-order chi connectivity index (χ1) is 13.1. The number of benzene rings is 1. The Hall–Kier alpha value is -2.19. The molecule has 0 saturated carbocycles. The standard InChI is InChI=1S/C19H24N4O3S/c1-3-17-21-22-19(23(17)11-16-5-4-10-26-16)27-12-18(25)20-15-8-6-14(7-9-15)13(2)24/h6-9,16H,3-5,10-12H2,1-2H3,(H,20,25). The van der Waals surface area contributed by atoms with E-state index in [2.05, 4.69) is 20.1 Å². The van der Waals surface area contributed by atoms with Crippen LogP contribution in [0.5, 0.6) is 0 Å². The van der Waals surface area contributed by atoms with Gasteiger partial charge in [0.25, 0.3) is 0 Å². The molecule has 0 spiro atoms. The van der Waals surface area contributed by atoms with Gasteiger partial charge in [-0.2, -0.15) is 0 Å². The van der Waals surface area contributed by atoms with Crippen molar-refractivity contribution in [3.63, 3.8) is 0 Å². The molecule has 1 aromatic heterocycles. The molecule has 1 saturated heterocycles. The third-order valence-electron chi connectivity index (χ3n) is 4.43. The van der Waals surface area contributed by atoms with Crippen LogP contribution in [-0.2, 0) is 22.5 Å². The molecule has 144 valence electrons. The number of aryl methyl sites for hydroxylation is 1. The average Bonchev–Trinajstić information content (AvgIpc) is 3.30. The van der Waals surface area contributed by atoms with Crippen LogP contribution in [0.4, 0.5) is 5.69 Å². The van der Waals surface area contributed by atoms with Crippen LogP contribution in [0.3, 0.4) is 0 Å². The van der Waals surface area contributed by atoms with Crippen molar-refractivity contribution in [1.82, 2.24) is 14.8 Å². The van der Waals surface area contributed by atoms with E-state index in [0.717, 1.165) is 43.4 Å². The summed E-state index contributed by atoms with van der Waals surface area (Å²) in [5.41, 5.74) is 1.29. The van der Waals surface area contributed by atoms with Crippen molar-refractivity contribution >= 4 is 29.1 Å². The molecule has 1 aliphatic heterocycles. The number of carbonyl (C=O) groups is 2. The van der Waals surface area contributed by atoms with Crippen molar-refractivity contribution < 1.29 is 14.3 Å². The number of rotatable bonds is 8. The fraction of sp³-hybridized carbons (Fsp3) is 0.474. The highest BCUT2D eigenvalue weighted by molar-refractivity contribution is 7.99. The number of nitrogens with one attached hydrogen (secondary N) is 1. The number of ether oxygens (including phenoxy) is 1. The van der Waals surface area contributed by atoms with Gasteiger partial charge in [-0.15, -0.1) is 10.2 Å². The number of anilines is 1. The lowest BCUT2D eigenvalue weighted by atomic mass is 10.1. The fourth-order valence-corrected chi connectivity index (χ4v) is 3.74. The highest BCUT2D eigenvalue weighted by Crippen LogP contribution is 2.22. The minimum absolute atomic E-state index is 0.000684. The van der Waals surface area contributed by atoms with E-state index in [1.165, 1.54) is 18.7 Å². The van der Waals surface area contributed by atoms with E-state index in [4.69, 9.17) is 4.74 Å². The third-order valence-corrected chi connectivity index (χ3v) is 5.39. The van der Waals surface area contributed by atoms with Crippen molar-refractivity contribution in [2.45, 2.75) is 50.9 Å². The Labute approximate surface area is 162 Å². The van der Waals surface area contributed by atoms with Gasteiger partial charge in [-0.3, -0.25) is 9.59 Å². The molecule has 1 aliphatic rings. The van der Waals surface area contributed by atoms with Crippen molar-refractivity contribution in [3.05, 3.63) is 35.7 Å². The lowest BCUT2D eigenvalue weighted by Gasteiger charge is -2.14. The lowest BCUT2D eigenvalue weighted by Crippen LogP contribution is -2.19. The Morgan fingerprint density at radius 3 is 2.70 bits per heavy atom. The molecule has 3 rings (SSSR count). The zero-order valence-corrected chi connectivity index (χ0v) is 16.4. The Bertz CT molecular complexity index is 798. The molecular formula is C19H24N4O3S. The minimum atomic E-state index is -0.125. The highest BCUT2D eigenvalue weighted by Gasteiger charge is 2.21. The van der Waals surface area contributed by atoms with Crippen LogP contribution in [0.15, 0.2) is 29.4 Å². The Balaban J connectivity index is 1.58. The number of thioether (sulfide) groups is 1. The molecular weight excluding hydrogens is 364 g/mol. The molecule has 1 unspecified atom stereocenters. The molecule has 2 aromatic rings. The molecule has 0 radical (unpaired) electrons. The largest absolute Gasteiger partial charge is 0.376 e. The number of carbonyl (C=O) groups excluding carboxylic acids is 2. The van der Waals surface area contributed by atoms with Crippen molar-refractivity contribution in [2.24, 2.45) is 0 Å². The molecule has 1 amide bonds. The summed E-state index contributed by atoms with van der Waals surface area (Å²) in [4.78, 5) is 23.6. The van der Waals surface area contributed by atoms with Crippen molar-refractivity contribution in [3.8, 4) is 0 Å². The molecule has 1 atom stereocenters. The van der Waals surface area contributed by atoms with Gasteiger partial charge in [0.15, 0.2) is 10.9 Å². The van der Waals surface area contributed by atoms with Crippen LogP contribution in [0, 0.1) is 0 Å². The van der Waals surface area contributed by atoms with Gasteiger partial charge in [-0.25, -0.2) is 0 Å². The summed E-state index contributed by atoms with van der Waals surface area (Å²) in [5, 5.41) is 12.1. The number of hydrogen-bond acceptors (Lipinski definition) is 6. The van der Waals surface area contributed by atoms with E-state index in [1.54, 1.807) is 24.3 Å². The highest BCUT2D eigenvalue weighted by atomic mass is 32.2. The lowest BCUT2D eigenvalue weighted by molar-refractivity contribution is -0.113. The van der Waals surface area contributed by atoms with Crippen LogP contribution in [0.25, 0.3) is 0 Å². The second kappa shape index (κ2) is 9.14. The molecule has 0 aliphatic carbocycles. The van der Waals surface area contributed by atoms with Gasteiger partial charge in [0, 0.05) is 24.3 Å². The first-order valence-electron chi connectivity index (χ1n) is 9.14. The van der Waals surface area contributed by atoms with Crippen LogP contribution in [0.1, 0.15) is 42.9 Å². The maximum atomic E-state index is 12.3. The molecule has 1 aromatic carbocycles. The SMILES string of the molecule is CCc1nnc(SCC(=O)Nc2ccc(C(C)=O)cc2)n1CC1CCCO1. The summed E-state index contributed by atoms with van der Waals surface area (Å²) < 4.78 is 7.79. The average molecular weight is 388 g/mol. The van der Waals surface area contributed by atoms with Gasteiger partial charge in [-0.1, -0.05) is 18.7 Å². The van der Waals surface area contributed by atoms with E-state index >= 15 is 0 Å². The van der Waals surface area contributed by atoms with Crippen molar-refractivity contribution in [2.75, 3.05) is 17.7 Å². The number of aromatic nitrogens is 3. The summed E-state index contributed by atoms with van der Waals surface area (Å²) in [6, 6.07) is 6.87. The maximum absolute atomic E-state index is 12.3. The minimum Gasteiger partial charge on any atom is -0.376 e. The summed E-state index contributed by atoms with van der Waals surface area (Å²) in [6.07, 6.45) is 3.11. The molecule has 7 nitrogen and oxygen atoms in total. The molecule has 1 N–H and O–H groups in total. The van der Waals surface area contributed by atoms with E-state index in [1.807, 2.05) is 6.92 Å². The van der Waals surface area contributed by atoms with Crippen LogP contribution < -0.4 is 5.32 Å². The second-order valence-electron chi connectivity index (χ2n) is 6.47. The van der Waals surface area contributed by atoms with Gasteiger partial charge >= 0.3 is 0 Å². The smallest absolute Gasteiger partial charge is 0.234 e. The first-order valence-corrected chi connectivity index (χ1v) is 10.1. The van der Waals surface area contributed by atoms with Gasteiger partial charge in [0.05, 0.1) is 18.4 Å². The number of ketones is 1. The molecule has 27 heavy (non-hydrogen) atoms. The van der Waals surface area contributed by atoms with Gasteiger partial charge in [0.1, 0.15) is 5.82 Å². The van der Waals surface area contributed by atoms with E-state index < -0.39 is 0 Å². The third kappa shape index (κ3) is 5.17. The Kier molecular flexibility index (Phi) is 6.63. The number of hydrogen-bond donors (Lipinski definition) is 1. The van der Waals surface area contributed by atoms with Crippen LogP contribution >= 0.6 is 11.8 Å². The monoisotopic (exact) mass is 388 g/mol. The summed E-state index contributed by atoms with van der Waals surface area (Å²) in [6.45, 7) is 5.09. The van der Waals surface area contributed by atoms with Crippen LogP contribution in [0.2, 0.25) is 0 Å². The first kappa shape index (κ1) is 19.6. The van der Waals surface area contributed by atoms with Gasteiger partial charge < -0.3 is 14.6 Å². The zero-order valence-electron chi connectivity index (χ0n) is 15.6. The zero-order chi connectivity index (χ0) is 19.2. The van der Waals surface area contributed by atoms with Crippen molar-refractivity contribution in [1.29, 1.82) is 0 Å². The number of nitrogens with zero attached hydrogens (tertiary/aromatic N) is 3. The summed E-state index contributed by atoms with van der Waals surface area (Å²) >= 11 is 1.37. The maximum Gasteiger partial charge on any atom is 0.234 e. The molecule has 0 bridgehead atoms. The second-order valence-corrected chi connectivity index (χ2v) is 7.41. The quantitative estimate of drug-likeness (QED) is 0.553. The van der Waals surface area contributed by atoms with E-state index in [-0.39, 0.29) is 23.5 Å². The van der Waals surface area contributed by atoms with E-state index in [0.29, 0.717) is 11.3 Å². The molecule has 2 heterocycles. The van der Waals surface area contributed by atoms with E-state index in [9.17, 15) is 9.59 Å². The predicted molar refractivity (Wildman–Crippen MR) is 104 cm³/mol. The summed E-state index contributed by atoms with van der Waals surface area (Å²) in [5.74, 6) is 1.02. The Morgan fingerprint density at radius 1 is 1.30 bits per heavy atom. The Morgan fingerprint density at radius 2 is 2.07 bits per heavy atom. The van der Waals surface area contributed by atoms with Gasteiger partial charge in [0.2, 0.25) is 5.91 Å². The number of Topliss-reactive ketones (excluding diaryl/α,β-unsaturated/α-hetero) is 1. The topological polar surface area (TPSA) is 86.1 Å². The normalized spacial score (nSPS) is 16.4. The number of amides is 1.